The van der Waals surface area contributed by atoms with Gasteiger partial charge in [-0.25, -0.2) is 9.97 Å². The summed E-state index contributed by atoms with van der Waals surface area (Å²) in [6, 6.07) is 9.04. The minimum absolute atomic E-state index is 0.223. The van der Waals surface area contributed by atoms with E-state index in [1.165, 1.54) is 12.4 Å². The van der Waals surface area contributed by atoms with E-state index in [-0.39, 0.29) is 5.91 Å². The van der Waals surface area contributed by atoms with Crippen LogP contribution in [0.25, 0.3) is 0 Å². The average molecular weight is 311 g/mol. The monoisotopic (exact) mass is 311 g/mol. The number of carbonyl (C=O) groups excluding carboxylic acids is 1. The third kappa shape index (κ3) is 5.05. The van der Waals surface area contributed by atoms with Crippen LogP contribution < -0.4 is 10.6 Å². The Hall–Kier alpha value is -2.98. The van der Waals surface area contributed by atoms with Gasteiger partial charge in [-0.05, 0) is 24.6 Å². The maximum Gasteiger partial charge on any atom is 0.254 e. The Morgan fingerprint density at radius 2 is 2.13 bits per heavy atom. The molecule has 0 aliphatic carbocycles. The molecule has 7 heteroatoms. The van der Waals surface area contributed by atoms with Crippen LogP contribution in [-0.4, -0.2) is 36.1 Å². The van der Waals surface area contributed by atoms with Crippen LogP contribution in [0.3, 0.4) is 0 Å². The smallest absolute Gasteiger partial charge is 0.254 e. The molecule has 0 radical (unpaired) electrons. The molecule has 1 amide bonds. The number of amides is 1. The predicted molar refractivity (Wildman–Crippen MR) is 85.3 cm³/mol. The van der Waals surface area contributed by atoms with Gasteiger partial charge in [0.05, 0.1) is 17.2 Å². The van der Waals surface area contributed by atoms with Gasteiger partial charge in [-0.15, -0.1) is 0 Å². The summed E-state index contributed by atoms with van der Waals surface area (Å²) >= 11 is 0. The van der Waals surface area contributed by atoms with Crippen molar-refractivity contribution in [1.82, 2.24) is 15.3 Å². The number of ether oxygens (including phenoxy) is 1. The van der Waals surface area contributed by atoms with Crippen LogP contribution in [0.4, 0.5) is 11.6 Å². The molecule has 2 N–H and O–H groups in total. The van der Waals surface area contributed by atoms with E-state index in [9.17, 15) is 4.79 Å². The number of aromatic nitrogens is 2. The van der Waals surface area contributed by atoms with Gasteiger partial charge in [0, 0.05) is 38.3 Å². The van der Waals surface area contributed by atoms with Gasteiger partial charge >= 0.3 is 0 Å². The number of carbonyl (C=O) groups is 1. The molecule has 0 saturated heterocycles. The molecule has 0 bridgehead atoms. The molecule has 0 atom stereocenters. The maximum atomic E-state index is 11.9. The van der Waals surface area contributed by atoms with Crippen molar-refractivity contribution in [2.75, 3.05) is 25.6 Å². The first-order valence-electron chi connectivity index (χ1n) is 7.09. The van der Waals surface area contributed by atoms with Gasteiger partial charge in [0.15, 0.2) is 0 Å². The SMILES string of the molecule is COCCCNC(=O)c1cnc(Nc2cccc(C#N)c2)nc1. The number of hydrogen-bond acceptors (Lipinski definition) is 6. The highest BCUT2D eigenvalue weighted by Crippen LogP contribution is 2.14. The van der Waals surface area contributed by atoms with Crippen LogP contribution in [0, 0.1) is 11.3 Å². The molecule has 2 aromatic rings. The van der Waals surface area contributed by atoms with E-state index >= 15 is 0 Å². The molecule has 1 aromatic carbocycles. The van der Waals surface area contributed by atoms with Crippen LogP contribution in [0.1, 0.15) is 22.3 Å². The quantitative estimate of drug-likeness (QED) is 0.757. The zero-order valence-corrected chi connectivity index (χ0v) is 12.7. The van der Waals surface area contributed by atoms with Crippen molar-refractivity contribution in [1.29, 1.82) is 5.26 Å². The van der Waals surface area contributed by atoms with Crippen molar-refractivity contribution in [2.45, 2.75) is 6.42 Å². The number of hydrogen-bond donors (Lipinski definition) is 2. The standard InChI is InChI=1S/C16H17N5O2/c1-23-7-3-6-18-15(22)13-10-19-16(20-11-13)21-14-5-2-4-12(8-14)9-17/h2,4-5,8,10-11H,3,6-7H2,1H3,(H,18,22)(H,19,20,21). The van der Waals surface area contributed by atoms with Gasteiger partial charge in [0.25, 0.3) is 5.91 Å². The number of rotatable bonds is 7. The number of benzene rings is 1. The fourth-order valence-corrected chi connectivity index (χ4v) is 1.83. The molecule has 0 aliphatic rings. The van der Waals surface area contributed by atoms with E-state index in [1.54, 1.807) is 31.4 Å². The first-order valence-corrected chi connectivity index (χ1v) is 7.09. The summed E-state index contributed by atoms with van der Waals surface area (Å²) in [5.74, 6) is 0.134. The summed E-state index contributed by atoms with van der Waals surface area (Å²) in [7, 11) is 1.62. The van der Waals surface area contributed by atoms with Crippen LogP contribution >= 0.6 is 0 Å². The Morgan fingerprint density at radius 1 is 1.35 bits per heavy atom. The number of nitrogens with one attached hydrogen (secondary N) is 2. The second kappa shape index (κ2) is 8.46. The second-order valence-corrected chi connectivity index (χ2v) is 4.72. The Labute approximate surface area is 134 Å². The minimum atomic E-state index is -0.223. The van der Waals surface area contributed by atoms with Crippen molar-refractivity contribution in [3.63, 3.8) is 0 Å². The lowest BCUT2D eigenvalue weighted by Crippen LogP contribution is -2.25. The largest absolute Gasteiger partial charge is 0.385 e. The summed E-state index contributed by atoms with van der Waals surface area (Å²) in [5, 5.41) is 14.6. The van der Waals surface area contributed by atoms with E-state index in [0.29, 0.717) is 35.9 Å². The highest BCUT2D eigenvalue weighted by Gasteiger charge is 2.06. The highest BCUT2D eigenvalue weighted by molar-refractivity contribution is 5.93. The van der Waals surface area contributed by atoms with Crippen LogP contribution in [0.15, 0.2) is 36.7 Å². The zero-order chi connectivity index (χ0) is 16.5. The molecule has 1 heterocycles. The molecular weight excluding hydrogens is 294 g/mol. The predicted octanol–water partition coefficient (Wildman–Crippen LogP) is 1.86. The van der Waals surface area contributed by atoms with Crippen LogP contribution in [-0.2, 0) is 4.74 Å². The van der Waals surface area contributed by atoms with Gasteiger partial charge in [0.2, 0.25) is 5.95 Å². The lowest BCUT2D eigenvalue weighted by molar-refractivity contribution is 0.0948. The van der Waals surface area contributed by atoms with E-state index < -0.39 is 0 Å². The summed E-state index contributed by atoms with van der Waals surface area (Å²) in [4.78, 5) is 20.1. The maximum absolute atomic E-state index is 11.9. The van der Waals surface area contributed by atoms with Gasteiger partial charge in [-0.3, -0.25) is 4.79 Å². The van der Waals surface area contributed by atoms with Crippen molar-refractivity contribution in [3.05, 3.63) is 47.8 Å². The topological polar surface area (TPSA) is 99.9 Å². The average Bonchev–Trinajstić information content (AvgIpc) is 2.59. The molecular formula is C16H17N5O2. The van der Waals surface area contributed by atoms with Crippen LogP contribution in [0.5, 0.6) is 0 Å². The van der Waals surface area contributed by atoms with Gasteiger partial charge in [-0.2, -0.15) is 5.26 Å². The summed E-state index contributed by atoms with van der Waals surface area (Å²) in [6.45, 7) is 1.13. The lowest BCUT2D eigenvalue weighted by Gasteiger charge is -2.07. The minimum Gasteiger partial charge on any atom is -0.385 e. The first-order chi connectivity index (χ1) is 11.2. The Balaban J connectivity index is 1.93. The molecule has 0 fully saturated rings. The van der Waals surface area contributed by atoms with Crippen molar-refractivity contribution in [2.24, 2.45) is 0 Å². The molecule has 1 aromatic heterocycles. The molecule has 2 rings (SSSR count). The highest BCUT2D eigenvalue weighted by atomic mass is 16.5. The number of nitriles is 1. The van der Waals surface area contributed by atoms with Crippen molar-refractivity contribution < 1.29 is 9.53 Å². The Morgan fingerprint density at radius 3 is 2.83 bits per heavy atom. The third-order valence-electron chi connectivity index (χ3n) is 2.97. The van der Waals surface area contributed by atoms with E-state index in [2.05, 4.69) is 26.7 Å². The normalized spacial score (nSPS) is 9.91. The molecule has 23 heavy (non-hydrogen) atoms. The van der Waals surface area contributed by atoms with Crippen molar-refractivity contribution in [3.8, 4) is 6.07 Å². The van der Waals surface area contributed by atoms with Crippen molar-refractivity contribution >= 4 is 17.5 Å². The van der Waals surface area contributed by atoms with E-state index in [4.69, 9.17) is 10.00 Å². The van der Waals surface area contributed by atoms with Crippen LogP contribution in [0.2, 0.25) is 0 Å². The lowest BCUT2D eigenvalue weighted by atomic mass is 10.2. The van der Waals surface area contributed by atoms with E-state index in [0.717, 1.165) is 6.42 Å². The fourth-order valence-electron chi connectivity index (χ4n) is 1.83. The zero-order valence-electron chi connectivity index (χ0n) is 12.7. The Bertz CT molecular complexity index is 694. The fraction of sp³-hybridized carbons (Fsp3) is 0.250. The molecule has 0 spiro atoms. The molecule has 0 unspecified atom stereocenters. The number of anilines is 2. The summed E-state index contributed by atoms with van der Waals surface area (Å²) in [5.41, 5.74) is 1.64. The third-order valence-corrected chi connectivity index (χ3v) is 2.97. The van der Waals surface area contributed by atoms with E-state index in [1.807, 2.05) is 0 Å². The molecule has 7 nitrogen and oxygen atoms in total. The summed E-state index contributed by atoms with van der Waals surface area (Å²) in [6.07, 6.45) is 3.65. The Kier molecular flexibility index (Phi) is 6.03. The van der Waals surface area contributed by atoms with Gasteiger partial charge < -0.3 is 15.4 Å². The number of nitrogens with zero attached hydrogens (tertiary/aromatic N) is 3. The van der Waals surface area contributed by atoms with Gasteiger partial charge in [-0.1, -0.05) is 6.07 Å². The number of methoxy groups -OCH3 is 1. The van der Waals surface area contributed by atoms with Gasteiger partial charge in [0.1, 0.15) is 0 Å². The molecule has 0 aliphatic heterocycles. The second-order valence-electron chi connectivity index (χ2n) is 4.72. The first kappa shape index (κ1) is 16.4. The molecule has 0 saturated carbocycles. The molecule has 118 valence electrons. The summed E-state index contributed by atoms with van der Waals surface area (Å²) < 4.78 is 4.91.